The van der Waals surface area contributed by atoms with Crippen molar-refractivity contribution in [1.29, 1.82) is 0 Å². The fourth-order valence-electron chi connectivity index (χ4n) is 3.15. The van der Waals surface area contributed by atoms with Gasteiger partial charge in [-0.2, -0.15) is 0 Å². The minimum Gasteiger partial charge on any atom is -0.323 e. The molecule has 0 spiro atoms. The number of allylic oxidation sites excluding steroid dienone is 1. The van der Waals surface area contributed by atoms with E-state index in [2.05, 4.69) is 16.9 Å². The highest BCUT2D eigenvalue weighted by Gasteiger charge is 2.18. The van der Waals surface area contributed by atoms with Gasteiger partial charge in [0.1, 0.15) is 4.83 Å². The Kier molecular flexibility index (Phi) is 6.74. The van der Waals surface area contributed by atoms with Crippen LogP contribution in [0.1, 0.15) is 5.56 Å². The van der Waals surface area contributed by atoms with E-state index in [1.807, 2.05) is 36.6 Å². The minimum atomic E-state index is -0.268. The number of amides is 1. The molecule has 1 aromatic carbocycles. The van der Waals surface area contributed by atoms with Crippen molar-refractivity contribution in [3.63, 3.8) is 0 Å². The number of carbonyl (C=O) groups is 1. The standard InChI is InChI=1S/C23H19ClN4O2S2/c1-3-11-28-22(30)19-16(15-8-6-14(2)7-9-15)12-31-21(19)27-23(28)32-13-18(29)26-17-5-4-10-25-20(17)24/h3-10,12H,1,11,13H2,2H3,(H,26,29). The third-order valence-corrected chi connectivity index (χ3v) is 6.85. The van der Waals surface area contributed by atoms with Crippen LogP contribution in [0.4, 0.5) is 5.69 Å². The first-order valence-corrected chi connectivity index (χ1v) is 12.0. The van der Waals surface area contributed by atoms with E-state index in [1.54, 1.807) is 29.0 Å². The maximum absolute atomic E-state index is 13.4. The molecular formula is C23H19ClN4O2S2. The Hall–Kier alpha value is -2.94. The van der Waals surface area contributed by atoms with Gasteiger partial charge < -0.3 is 5.32 Å². The number of nitrogens with zero attached hydrogens (tertiary/aromatic N) is 3. The maximum Gasteiger partial charge on any atom is 0.263 e. The number of carbonyl (C=O) groups excluding carboxylic acids is 1. The smallest absolute Gasteiger partial charge is 0.263 e. The second-order valence-corrected chi connectivity index (χ2v) is 9.13. The van der Waals surface area contributed by atoms with Crippen molar-refractivity contribution < 1.29 is 4.79 Å². The van der Waals surface area contributed by atoms with Crippen molar-refractivity contribution in [2.45, 2.75) is 18.6 Å². The van der Waals surface area contributed by atoms with E-state index < -0.39 is 0 Å². The monoisotopic (exact) mass is 482 g/mol. The SMILES string of the molecule is C=CCn1c(SCC(=O)Nc2cccnc2Cl)nc2scc(-c3ccc(C)cc3)c2c1=O. The van der Waals surface area contributed by atoms with Gasteiger partial charge in [0.25, 0.3) is 5.56 Å². The first-order chi connectivity index (χ1) is 15.5. The number of rotatable bonds is 7. The Morgan fingerprint density at radius 2 is 2.09 bits per heavy atom. The molecule has 0 atom stereocenters. The molecule has 4 rings (SSSR count). The Morgan fingerprint density at radius 1 is 1.31 bits per heavy atom. The molecule has 9 heteroatoms. The first-order valence-electron chi connectivity index (χ1n) is 9.71. The Bertz CT molecular complexity index is 1360. The highest BCUT2D eigenvalue weighted by atomic mass is 35.5. The van der Waals surface area contributed by atoms with Crippen molar-refractivity contribution in [1.82, 2.24) is 14.5 Å². The van der Waals surface area contributed by atoms with Gasteiger partial charge in [0.05, 0.1) is 16.8 Å². The summed E-state index contributed by atoms with van der Waals surface area (Å²) in [4.78, 5) is 35.1. The number of nitrogens with one attached hydrogen (secondary N) is 1. The zero-order valence-corrected chi connectivity index (χ0v) is 19.6. The van der Waals surface area contributed by atoms with Crippen LogP contribution in [0, 0.1) is 6.92 Å². The molecule has 0 saturated carbocycles. The molecule has 0 aliphatic heterocycles. The molecule has 1 N–H and O–H groups in total. The number of fused-ring (bicyclic) bond motifs is 1. The average Bonchev–Trinajstić information content (AvgIpc) is 3.21. The van der Waals surface area contributed by atoms with Crippen LogP contribution < -0.4 is 10.9 Å². The first kappa shape index (κ1) is 22.3. The summed E-state index contributed by atoms with van der Waals surface area (Å²) in [6, 6.07) is 11.4. The summed E-state index contributed by atoms with van der Waals surface area (Å²) < 4.78 is 1.55. The molecule has 0 bridgehead atoms. The summed E-state index contributed by atoms with van der Waals surface area (Å²) >= 11 is 8.61. The minimum absolute atomic E-state index is 0.0660. The van der Waals surface area contributed by atoms with E-state index >= 15 is 0 Å². The van der Waals surface area contributed by atoms with Gasteiger partial charge in [-0.05, 0) is 24.6 Å². The maximum atomic E-state index is 13.4. The topological polar surface area (TPSA) is 76.9 Å². The number of halogens is 1. The van der Waals surface area contributed by atoms with Gasteiger partial charge in [0, 0.05) is 23.7 Å². The van der Waals surface area contributed by atoms with Crippen LogP contribution >= 0.6 is 34.7 Å². The molecule has 0 aliphatic carbocycles. The molecule has 6 nitrogen and oxygen atoms in total. The molecule has 4 aromatic rings. The number of thiophene rings is 1. The number of anilines is 1. The molecule has 3 aromatic heterocycles. The number of hydrogen-bond donors (Lipinski definition) is 1. The van der Waals surface area contributed by atoms with Gasteiger partial charge in [-0.3, -0.25) is 14.2 Å². The number of benzene rings is 1. The van der Waals surface area contributed by atoms with Crippen LogP contribution in [0.15, 0.2) is 70.6 Å². The lowest BCUT2D eigenvalue weighted by atomic mass is 10.1. The summed E-state index contributed by atoms with van der Waals surface area (Å²) in [7, 11) is 0. The number of thioether (sulfide) groups is 1. The summed E-state index contributed by atoms with van der Waals surface area (Å²) in [5.74, 6) is -0.202. The van der Waals surface area contributed by atoms with Gasteiger partial charge >= 0.3 is 0 Å². The summed E-state index contributed by atoms with van der Waals surface area (Å²) in [6.45, 7) is 6.08. The molecule has 1 amide bonds. The fourth-order valence-corrected chi connectivity index (χ4v) is 5.11. The van der Waals surface area contributed by atoms with Crippen molar-refractivity contribution >= 4 is 56.5 Å². The second-order valence-electron chi connectivity index (χ2n) is 6.97. The zero-order valence-electron chi connectivity index (χ0n) is 17.2. The number of pyridine rings is 1. The number of hydrogen-bond acceptors (Lipinski definition) is 6. The molecule has 0 fully saturated rings. The summed E-state index contributed by atoms with van der Waals surface area (Å²) in [5, 5.41) is 5.94. The molecular weight excluding hydrogens is 464 g/mol. The van der Waals surface area contributed by atoms with E-state index in [0.29, 0.717) is 27.6 Å². The van der Waals surface area contributed by atoms with Gasteiger partial charge in [-0.15, -0.1) is 17.9 Å². The van der Waals surface area contributed by atoms with E-state index in [-0.39, 0.29) is 22.4 Å². The van der Waals surface area contributed by atoms with Crippen molar-refractivity contribution in [3.05, 3.63) is 81.7 Å². The molecule has 32 heavy (non-hydrogen) atoms. The molecule has 162 valence electrons. The van der Waals surface area contributed by atoms with E-state index in [4.69, 9.17) is 16.6 Å². The molecule has 0 saturated heterocycles. The van der Waals surface area contributed by atoms with E-state index in [1.165, 1.54) is 23.1 Å². The Balaban J connectivity index is 1.64. The van der Waals surface area contributed by atoms with Gasteiger partial charge in [0.15, 0.2) is 10.3 Å². The van der Waals surface area contributed by atoms with Crippen LogP contribution in [0.2, 0.25) is 5.15 Å². The Morgan fingerprint density at radius 3 is 2.81 bits per heavy atom. The van der Waals surface area contributed by atoms with Gasteiger partial charge in [-0.25, -0.2) is 9.97 Å². The molecule has 0 aliphatic rings. The molecule has 3 heterocycles. The van der Waals surface area contributed by atoms with Crippen LogP contribution in [0.3, 0.4) is 0 Å². The summed E-state index contributed by atoms with van der Waals surface area (Å²) in [5.41, 5.74) is 3.28. The fraction of sp³-hybridized carbons (Fsp3) is 0.130. The Labute approximate surface area is 198 Å². The highest BCUT2D eigenvalue weighted by Crippen LogP contribution is 2.32. The van der Waals surface area contributed by atoms with Crippen LogP contribution in [-0.4, -0.2) is 26.2 Å². The van der Waals surface area contributed by atoms with Gasteiger partial charge in [-0.1, -0.05) is 59.3 Å². The third-order valence-electron chi connectivity index (χ3n) is 4.70. The van der Waals surface area contributed by atoms with Crippen molar-refractivity contribution in [3.8, 4) is 11.1 Å². The largest absolute Gasteiger partial charge is 0.323 e. The van der Waals surface area contributed by atoms with Crippen molar-refractivity contribution in [2.75, 3.05) is 11.1 Å². The van der Waals surface area contributed by atoms with Crippen LogP contribution in [-0.2, 0) is 11.3 Å². The lowest BCUT2D eigenvalue weighted by Crippen LogP contribution is -2.23. The lowest BCUT2D eigenvalue weighted by molar-refractivity contribution is -0.113. The van der Waals surface area contributed by atoms with Gasteiger partial charge in [0.2, 0.25) is 5.91 Å². The van der Waals surface area contributed by atoms with E-state index in [9.17, 15) is 9.59 Å². The lowest BCUT2D eigenvalue weighted by Gasteiger charge is -2.11. The quantitative estimate of drug-likeness (QED) is 0.165. The zero-order chi connectivity index (χ0) is 22.7. The predicted molar refractivity (Wildman–Crippen MR) is 133 cm³/mol. The number of aromatic nitrogens is 3. The molecule has 0 unspecified atom stereocenters. The van der Waals surface area contributed by atoms with Crippen molar-refractivity contribution in [2.24, 2.45) is 0 Å². The van der Waals surface area contributed by atoms with Crippen LogP contribution in [0.5, 0.6) is 0 Å². The summed E-state index contributed by atoms with van der Waals surface area (Å²) in [6.07, 6.45) is 3.19. The average molecular weight is 483 g/mol. The second kappa shape index (κ2) is 9.68. The third kappa shape index (κ3) is 4.62. The van der Waals surface area contributed by atoms with E-state index in [0.717, 1.165) is 16.7 Å². The normalized spacial score (nSPS) is 10.9. The molecule has 0 radical (unpaired) electrons. The van der Waals surface area contributed by atoms with Crippen LogP contribution in [0.25, 0.3) is 21.3 Å². The number of aryl methyl sites for hydroxylation is 1. The highest BCUT2D eigenvalue weighted by molar-refractivity contribution is 7.99. The predicted octanol–water partition coefficient (Wildman–Crippen LogP) is 5.40.